The fourth-order valence-electron chi connectivity index (χ4n) is 3.04. The van der Waals surface area contributed by atoms with Gasteiger partial charge in [0.25, 0.3) is 5.91 Å². The Morgan fingerprint density at radius 3 is 2.38 bits per heavy atom. The van der Waals surface area contributed by atoms with E-state index in [0.29, 0.717) is 5.69 Å². The molecule has 146 valence electrons. The van der Waals surface area contributed by atoms with E-state index < -0.39 is 23.1 Å². The predicted molar refractivity (Wildman–Crippen MR) is 106 cm³/mol. The maximum Gasteiger partial charge on any atom is 0.261 e. The van der Waals surface area contributed by atoms with Crippen LogP contribution in [0, 0.1) is 18.6 Å². The number of rotatable bonds is 4. The molecule has 0 saturated carbocycles. The topological polar surface area (TPSA) is 55.6 Å². The zero-order valence-corrected chi connectivity index (χ0v) is 15.7. The number of benzene rings is 2. The molecule has 7 heteroatoms. The molecule has 0 aliphatic rings. The van der Waals surface area contributed by atoms with Crippen molar-refractivity contribution >= 4 is 17.2 Å². The maximum atomic E-state index is 14.1. The number of aryl methyl sites for hydroxylation is 1. The van der Waals surface area contributed by atoms with Crippen molar-refractivity contribution in [1.29, 1.82) is 0 Å². The fraction of sp³-hybridized carbons (Fsp3) is 0.0909. The van der Waals surface area contributed by atoms with Crippen molar-refractivity contribution in [2.24, 2.45) is 0 Å². The van der Waals surface area contributed by atoms with E-state index in [1.54, 1.807) is 24.3 Å². The lowest BCUT2D eigenvalue weighted by Crippen LogP contribution is -2.16. The maximum absolute atomic E-state index is 14.1. The summed E-state index contributed by atoms with van der Waals surface area (Å²) in [4.78, 5) is 16.9. The molecule has 0 atom stereocenters. The van der Waals surface area contributed by atoms with Crippen LogP contribution in [0.5, 0.6) is 5.75 Å². The van der Waals surface area contributed by atoms with Crippen molar-refractivity contribution in [3.05, 3.63) is 83.7 Å². The van der Waals surface area contributed by atoms with E-state index in [1.807, 2.05) is 35.9 Å². The summed E-state index contributed by atoms with van der Waals surface area (Å²) in [6, 6.07) is 12.7. The standard InChI is InChI=1S/C22H17F2N3O2/c1-13-3-8-20-26-19(12-27(20)11-13)14-4-6-15(7-5-14)25-22(28)21-17(23)9-16(29-2)10-18(21)24/h3-12H,1-2H3,(H,25,28). The number of ether oxygens (including phenoxy) is 1. The quantitative estimate of drug-likeness (QED) is 0.539. The predicted octanol–water partition coefficient (Wildman–Crippen LogP) is 4.85. The zero-order chi connectivity index (χ0) is 20.5. The minimum absolute atomic E-state index is 0.00329. The molecule has 2 aromatic carbocycles. The number of pyridine rings is 1. The fourth-order valence-corrected chi connectivity index (χ4v) is 3.04. The lowest BCUT2D eigenvalue weighted by Gasteiger charge is -2.09. The van der Waals surface area contributed by atoms with Crippen LogP contribution in [0.15, 0.2) is 60.9 Å². The lowest BCUT2D eigenvalue weighted by molar-refractivity contribution is 0.101. The van der Waals surface area contributed by atoms with E-state index in [1.165, 1.54) is 7.11 Å². The summed E-state index contributed by atoms with van der Waals surface area (Å²) in [5.41, 5.74) is 3.33. The normalized spacial score (nSPS) is 10.9. The first-order chi connectivity index (χ1) is 13.9. The smallest absolute Gasteiger partial charge is 0.261 e. The largest absolute Gasteiger partial charge is 0.497 e. The summed E-state index contributed by atoms with van der Waals surface area (Å²) in [6.07, 6.45) is 3.90. The van der Waals surface area contributed by atoms with E-state index in [2.05, 4.69) is 10.3 Å². The summed E-state index contributed by atoms with van der Waals surface area (Å²) in [5.74, 6) is -2.85. The molecule has 1 amide bonds. The van der Waals surface area contributed by atoms with Crippen molar-refractivity contribution < 1.29 is 18.3 Å². The molecule has 0 aliphatic carbocycles. The molecule has 5 nitrogen and oxygen atoms in total. The SMILES string of the molecule is COc1cc(F)c(C(=O)Nc2ccc(-c3cn4cc(C)ccc4n3)cc2)c(F)c1. The number of amides is 1. The molecule has 0 radical (unpaired) electrons. The highest BCUT2D eigenvalue weighted by Gasteiger charge is 2.19. The van der Waals surface area contributed by atoms with Gasteiger partial charge in [0.15, 0.2) is 0 Å². The van der Waals surface area contributed by atoms with Crippen molar-refractivity contribution in [2.75, 3.05) is 12.4 Å². The molecule has 2 aromatic heterocycles. The molecule has 4 aromatic rings. The molecule has 1 N–H and O–H groups in total. The Morgan fingerprint density at radius 1 is 1.03 bits per heavy atom. The molecule has 0 fully saturated rings. The number of methoxy groups -OCH3 is 1. The van der Waals surface area contributed by atoms with E-state index in [9.17, 15) is 13.6 Å². The van der Waals surface area contributed by atoms with Gasteiger partial charge in [0.1, 0.15) is 28.6 Å². The van der Waals surface area contributed by atoms with Crippen LogP contribution in [0.3, 0.4) is 0 Å². The van der Waals surface area contributed by atoms with Crippen LogP contribution < -0.4 is 10.1 Å². The monoisotopic (exact) mass is 393 g/mol. The molecule has 4 rings (SSSR count). The van der Waals surface area contributed by atoms with Gasteiger partial charge in [-0.25, -0.2) is 13.8 Å². The van der Waals surface area contributed by atoms with Gasteiger partial charge in [-0.1, -0.05) is 18.2 Å². The Morgan fingerprint density at radius 2 is 1.72 bits per heavy atom. The number of nitrogens with zero attached hydrogens (tertiary/aromatic N) is 2. The second-order valence-corrected chi connectivity index (χ2v) is 6.60. The van der Waals surface area contributed by atoms with E-state index in [-0.39, 0.29) is 5.75 Å². The number of nitrogens with one attached hydrogen (secondary N) is 1. The number of aromatic nitrogens is 2. The number of carbonyl (C=O) groups is 1. The van der Waals surface area contributed by atoms with Gasteiger partial charge in [-0.2, -0.15) is 0 Å². The summed E-state index contributed by atoms with van der Waals surface area (Å²) in [5, 5.41) is 2.50. The first kappa shape index (κ1) is 18.6. The van der Waals surface area contributed by atoms with Gasteiger partial charge in [0.2, 0.25) is 0 Å². The first-order valence-electron chi connectivity index (χ1n) is 8.85. The lowest BCUT2D eigenvalue weighted by atomic mass is 10.1. The third kappa shape index (κ3) is 3.67. The van der Waals surface area contributed by atoms with Crippen LogP contribution >= 0.6 is 0 Å². The minimum Gasteiger partial charge on any atom is -0.497 e. The Kier molecular flexibility index (Phi) is 4.72. The Bertz CT molecular complexity index is 1190. The third-order valence-corrected chi connectivity index (χ3v) is 4.52. The highest BCUT2D eigenvalue weighted by Crippen LogP contribution is 2.24. The van der Waals surface area contributed by atoms with Gasteiger partial charge in [-0.05, 0) is 30.7 Å². The molecule has 0 aliphatic heterocycles. The Hall–Kier alpha value is -3.74. The van der Waals surface area contributed by atoms with Crippen LogP contribution in [0.1, 0.15) is 15.9 Å². The van der Waals surface area contributed by atoms with Gasteiger partial charge >= 0.3 is 0 Å². The average Bonchev–Trinajstić information content (AvgIpc) is 3.11. The van der Waals surface area contributed by atoms with Gasteiger partial charge in [0, 0.05) is 35.8 Å². The van der Waals surface area contributed by atoms with E-state index >= 15 is 0 Å². The van der Waals surface area contributed by atoms with Crippen LogP contribution in [0.4, 0.5) is 14.5 Å². The van der Waals surface area contributed by atoms with Gasteiger partial charge < -0.3 is 14.5 Å². The van der Waals surface area contributed by atoms with Crippen LogP contribution in [0.25, 0.3) is 16.9 Å². The summed E-state index contributed by atoms with van der Waals surface area (Å²) in [6.45, 7) is 2.01. The molecule has 29 heavy (non-hydrogen) atoms. The highest BCUT2D eigenvalue weighted by molar-refractivity contribution is 6.04. The molecule has 0 saturated heterocycles. The number of imidazole rings is 1. The molecular formula is C22H17F2N3O2. The van der Waals surface area contributed by atoms with Gasteiger partial charge in [-0.15, -0.1) is 0 Å². The van der Waals surface area contributed by atoms with Crippen molar-refractivity contribution in [2.45, 2.75) is 6.92 Å². The average molecular weight is 393 g/mol. The van der Waals surface area contributed by atoms with Gasteiger partial charge in [-0.3, -0.25) is 4.79 Å². The van der Waals surface area contributed by atoms with E-state index in [4.69, 9.17) is 4.74 Å². The van der Waals surface area contributed by atoms with Gasteiger partial charge in [0.05, 0.1) is 12.8 Å². The van der Waals surface area contributed by atoms with Crippen LogP contribution in [-0.4, -0.2) is 22.4 Å². The Balaban J connectivity index is 1.56. The van der Waals surface area contributed by atoms with Crippen molar-refractivity contribution in [3.63, 3.8) is 0 Å². The first-order valence-corrected chi connectivity index (χ1v) is 8.85. The van der Waals surface area contributed by atoms with Crippen LogP contribution in [-0.2, 0) is 0 Å². The Labute approximate surface area is 165 Å². The molecular weight excluding hydrogens is 376 g/mol. The van der Waals surface area contributed by atoms with Crippen molar-refractivity contribution in [1.82, 2.24) is 9.38 Å². The minimum atomic E-state index is -0.990. The third-order valence-electron chi connectivity index (χ3n) is 4.52. The second kappa shape index (κ2) is 7.35. The number of halogens is 2. The van der Waals surface area contributed by atoms with E-state index in [0.717, 1.165) is 34.6 Å². The summed E-state index contributed by atoms with van der Waals surface area (Å²) >= 11 is 0. The molecule has 0 spiro atoms. The number of hydrogen-bond donors (Lipinski definition) is 1. The number of fused-ring (bicyclic) bond motifs is 1. The summed E-state index contributed by atoms with van der Waals surface area (Å²) in [7, 11) is 1.29. The van der Waals surface area contributed by atoms with Crippen molar-refractivity contribution in [3.8, 4) is 17.0 Å². The summed E-state index contributed by atoms with van der Waals surface area (Å²) < 4.78 is 34.9. The number of anilines is 1. The zero-order valence-electron chi connectivity index (χ0n) is 15.7. The molecule has 2 heterocycles. The van der Waals surface area contributed by atoms with Crippen LogP contribution in [0.2, 0.25) is 0 Å². The molecule has 0 unspecified atom stereocenters. The highest BCUT2D eigenvalue weighted by atomic mass is 19.1. The number of carbonyl (C=O) groups excluding carboxylic acids is 1. The molecule has 0 bridgehead atoms. The second-order valence-electron chi connectivity index (χ2n) is 6.60. The number of hydrogen-bond acceptors (Lipinski definition) is 3.